The maximum absolute atomic E-state index is 10.6. The van der Waals surface area contributed by atoms with Crippen LogP contribution in [0.4, 0.5) is 0 Å². The van der Waals surface area contributed by atoms with E-state index in [0.717, 1.165) is 13.7 Å². The van der Waals surface area contributed by atoms with Crippen molar-refractivity contribution in [1.29, 1.82) is 0 Å². The molecule has 0 atom stereocenters. The van der Waals surface area contributed by atoms with Crippen LogP contribution >= 0.6 is 38.9 Å². The first kappa shape index (κ1) is 14.4. The molecule has 0 spiro atoms. The van der Waals surface area contributed by atoms with Crippen LogP contribution in [-0.4, -0.2) is 20.7 Å². The zero-order chi connectivity index (χ0) is 12.2. The molecule has 0 saturated carbocycles. The van der Waals surface area contributed by atoms with E-state index in [1.165, 1.54) is 11.3 Å². The lowest BCUT2D eigenvalue weighted by Gasteiger charge is -2.01. The molecule has 0 bridgehead atoms. The molecule has 1 aromatic heterocycles. The maximum atomic E-state index is 10.6. The van der Waals surface area contributed by atoms with Crippen molar-refractivity contribution in [2.24, 2.45) is 5.14 Å². The number of nitrogens with one attached hydrogen (secondary N) is 1. The summed E-state index contributed by atoms with van der Waals surface area (Å²) in [6.07, 6.45) is 0.513. The van der Waals surface area contributed by atoms with Crippen LogP contribution in [0, 0.1) is 0 Å². The van der Waals surface area contributed by atoms with Gasteiger partial charge < -0.3 is 5.32 Å². The SMILES string of the molecule is NS(=O)(=O)CCCNCc1cc(Br)c(Cl)s1. The molecule has 0 saturated heterocycles. The van der Waals surface area contributed by atoms with Crippen molar-refractivity contribution >= 4 is 48.9 Å². The highest BCUT2D eigenvalue weighted by Gasteiger charge is 2.04. The summed E-state index contributed by atoms with van der Waals surface area (Å²) in [4.78, 5) is 1.10. The third kappa shape index (κ3) is 5.60. The summed E-state index contributed by atoms with van der Waals surface area (Å²) < 4.78 is 22.9. The van der Waals surface area contributed by atoms with E-state index >= 15 is 0 Å². The lowest BCUT2D eigenvalue weighted by molar-refractivity contribution is 0.590. The van der Waals surface area contributed by atoms with Gasteiger partial charge in [0.15, 0.2) is 0 Å². The van der Waals surface area contributed by atoms with Crippen molar-refractivity contribution in [3.63, 3.8) is 0 Å². The van der Waals surface area contributed by atoms with E-state index in [4.69, 9.17) is 16.7 Å². The number of halogens is 2. The Bertz CT molecular complexity index is 427. The van der Waals surface area contributed by atoms with Crippen LogP contribution in [-0.2, 0) is 16.6 Å². The third-order valence-corrected chi connectivity index (χ3v) is 5.11. The highest BCUT2D eigenvalue weighted by Crippen LogP contribution is 2.31. The van der Waals surface area contributed by atoms with E-state index in [-0.39, 0.29) is 5.75 Å². The first-order valence-corrected chi connectivity index (χ1v) is 8.23. The Morgan fingerprint density at radius 1 is 1.56 bits per heavy atom. The fourth-order valence-electron chi connectivity index (χ4n) is 1.09. The number of primary sulfonamides is 1. The smallest absolute Gasteiger partial charge is 0.209 e. The zero-order valence-corrected chi connectivity index (χ0v) is 12.3. The van der Waals surface area contributed by atoms with Crippen molar-refractivity contribution < 1.29 is 8.42 Å². The first-order chi connectivity index (χ1) is 7.38. The van der Waals surface area contributed by atoms with Gasteiger partial charge in [-0.1, -0.05) is 11.6 Å². The molecule has 92 valence electrons. The van der Waals surface area contributed by atoms with Crippen LogP contribution in [0.5, 0.6) is 0 Å². The molecule has 3 N–H and O–H groups in total. The van der Waals surface area contributed by atoms with Crippen LogP contribution < -0.4 is 10.5 Å². The second-order valence-electron chi connectivity index (χ2n) is 3.23. The van der Waals surface area contributed by atoms with Gasteiger partial charge >= 0.3 is 0 Å². The largest absolute Gasteiger partial charge is 0.312 e. The fraction of sp³-hybridized carbons (Fsp3) is 0.500. The molecule has 0 unspecified atom stereocenters. The van der Waals surface area contributed by atoms with Gasteiger partial charge in [-0.3, -0.25) is 0 Å². The minimum Gasteiger partial charge on any atom is -0.312 e. The summed E-state index contributed by atoms with van der Waals surface area (Å²) >= 11 is 10.7. The quantitative estimate of drug-likeness (QED) is 0.772. The molecule has 0 aromatic carbocycles. The maximum Gasteiger partial charge on any atom is 0.209 e. The van der Waals surface area contributed by atoms with E-state index < -0.39 is 10.0 Å². The molecule has 8 heteroatoms. The van der Waals surface area contributed by atoms with Crippen molar-refractivity contribution in [2.75, 3.05) is 12.3 Å². The Balaban J connectivity index is 2.21. The fourth-order valence-corrected chi connectivity index (χ4v) is 3.40. The minimum atomic E-state index is -3.34. The number of sulfonamides is 1. The summed E-state index contributed by atoms with van der Waals surface area (Å²) in [7, 11) is -3.34. The molecule has 4 nitrogen and oxygen atoms in total. The Hall–Kier alpha value is 0.340. The van der Waals surface area contributed by atoms with Crippen molar-refractivity contribution in [2.45, 2.75) is 13.0 Å². The molecular formula is C8H12BrClN2O2S2. The zero-order valence-electron chi connectivity index (χ0n) is 8.37. The minimum absolute atomic E-state index is 0.00882. The third-order valence-electron chi connectivity index (χ3n) is 1.78. The Morgan fingerprint density at radius 3 is 2.75 bits per heavy atom. The normalized spacial score (nSPS) is 11.9. The molecule has 1 heterocycles. The predicted molar refractivity (Wildman–Crippen MR) is 71.3 cm³/mol. The van der Waals surface area contributed by atoms with Gasteiger partial charge in [0.05, 0.1) is 5.75 Å². The topological polar surface area (TPSA) is 72.2 Å². The van der Waals surface area contributed by atoms with Crippen LogP contribution in [0.3, 0.4) is 0 Å². The van der Waals surface area contributed by atoms with Crippen molar-refractivity contribution in [3.05, 3.63) is 19.8 Å². The standard InChI is InChI=1S/C8H12BrClN2O2S2/c9-7-4-6(15-8(7)10)5-12-2-1-3-16(11,13)14/h4,12H,1-3,5H2,(H2,11,13,14). The second-order valence-corrected chi connectivity index (χ2v) is 7.56. The Labute approximate surface area is 112 Å². The average Bonchev–Trinajstić information content (AvgIpc) is 2.44. The summed E-state index contributed by atoms with van der Waals surface area (Å²) in [6.45, 7) is 1.30. The molecule has 0 amide bonds. The van der Waals surface area contributed by atoms with Crippen LogP contribution in [0.1, 0.15) is 11.3 Å². The van der Waals surface area contributed by atoms with Crippen LogP contribution in [0.25, 0.3) is 0 Å². The average molecular weight is 348 g/mol. The molecule has 1 aromatic rings. The molecule has 0 aliphatic rings. The van der Waals surface area contributed by atoms with Gasteiger partial charge in [-0.15, -0.1) is 11.3 Å². The highest BCUT2D eigenvalue weighted by atomic mass is 79.9. The molecule has 1 rings (SSSR count). The summed E-state index contributed by atoms with van der Waals surface area (Å²) in [5.41, 5.74) is 0. The van der Waals surface area contributed by atoms with Gasteiger partial charge in [-0.25, -0.2) is 13.6 Å². The Kier molecular flexibility index (Phi) is 5.69. The van der Waals surface area contributed by atoms with Crippen LogP contribution in [0.15, 0.2) is 10.5 Å². The summed E-state index contributed by atoms with van der Waals surface area (Å²) in [6, 6.07) is 1.94. The van der Waals surface area contributed by atoms with E-state index in [1.54, 1.807) is 0 Å². The Morgan fingerprint density at radius 2 is 2.25 bits per heavy atom. The molecule has 0 fully saturated rings. The number of hydrogen-bond acceptors (Lipinski definition) is 4. The highest BCUT2D eigenvalue weighted by molar-refractivity contribution is 9.10. The monoisotopic (exact) mass is 346 g/mol. The molecule has 0 aliphatic heterocycles. The van der Waals surface area contributed by atoms with Gasteiger partial charge in [0.1, 0.15) is 4.34 Å². The van der Waals surface area contributed by atoms with Gasteiger partial charge in [-0.05, 0) is 35.0 Å². The van der Waals surface area contributed by atoms with E-state index in [0.29, 0.717) is 19.5 Å². The van der Waals surface area contributed by atoms with Crippen molar-refractivity contribution in [3.8, 4) is 0 Å². The number of thiophene rings is 1. The second kappa shape index (κ2) is 6.32. The first-order valence-electron chi connectivity index (χ1n) is 4.53. The van der Waals surface area contributed by atoms with Gasteiger partial charge in [0.25, 0.3) is 0 Å². The van der Waals surface area contributed by atoms with Gasteiger partial charge in [0, 0.05) is 15.9 Å². The summed E-state index contributed by atoms with van der Waals surface area (Å²) in [5, 5.41) is 8.00. The van der Waals surface area contributed by atoms with E-state index in [2.05, 4.69) is 21.2 Å². The summed E-state index contributed by atoms with van der Waals surface area (Å²) in [5.74, 6) is 0.00882. The van der Waals surface area contributed by atoms with Crippen LogP contribution in [0.2, 0.25) is 4.34 Å². The van der Waals surface area contributed by atoms with Gasteiger partial charge in [0.2, 0.25) is 10.0 Å². The number of rotatable bonds is 6. The number of hydrogen-bond donors (Lipinski definition) is 2. The molecular weight excluding hydrogens is 336 g/mol. The molecule has 0 radical (unpaired) electrons. The predicted octanol–water partition coefficient (Wildman–Crippen LogP) is 1.93. The molecule has 16 heavy (non-hydrogen) atoms. The lowest BCUT2D eigenvalue weighted by Crippen LogP contribution is -2.21. The van der Waals surface area contributed by atoms with Crippen molar-refractivity contribution in [1.82, 2.24) is 5.32 Å². The molecule has 0 aliphatic carbocycles. The lowest BCUT2D eigenvalue weighted by atomic mass is 10.4. The van der Waals surface area contributed by atoms with Gasteiger partial charge in [-0.2, -0.15) is 0 Å². The van der Waals surface area contributed by atoms with E-state index in [1.807, 2.05) is 6.07 Å². The number of nitrogens with two attached hydrogens (primary N) is 1. The van der Waals surface area contributed by atoms with E-state index in [9.17, 15) is 8.42 Å².